The highest BCUT2D eigenvalue weighted by Crippen LogP contribution is 2.55. The summed E-state index contributed by atoms with van der Waals surface area (Å²) in [5.74, 6) is -0.861. The van der Waals surface area contributed by atoms with Crippen LogP contribution in [0.3, 0.4) is 0 Å². The molecule has 0 aromatic rings. The second-order valence-corrected chi connectivity index (χ2v) is 18.9. The Hall–Kier alpha value is 0.337. The predicted molar refractivity (Wildman–Crippen MR) is 123 cm³/mol. The van der Waals surface area contributed by atoms with Crippen molar-refractivity contribution in [3.63, 3.8) is 0 Å². The molecular weight excluding hydrogens is 473 g/mol. The Morgan fingerprint density at radius 3 is 2.28 bits per heavy atom. The number of rotatable bonds is 6. The third-order valence-corrected chi connectivity index (χ3v) is 12.6. The Kier molecular flexibility index (Phi) is 7.38. The van der Waals surface area contributed by atoms with Crippen LogP contribution >= 0.6 is 46.6 Å². The monoisotopic (exact) mass is 503 g/mol. The van der Waals surface area contributed by atoms with E-state index in [9.17, 15) is 9.59 Å². The largest absolute Gasteiger partial charge is 0.460 e. The average molecular weight is 505 g/mol. The number of hydrogen-bond acceptors (Lipinski definition) is 5. The first-order chi connectivity index (χ1) is 12.9. The molecule has 0 saturated carbocycles. The maximum Gasteiger partial charge on any atom is 0.330 e. The highest BCUT2D eigenvalue weighted by Gasteiger charge is 2.66. The number of thioether (sulfide) groups is 1. The number of esters is 1. The molecule has 0 aromatic carbocycles. The molecule has 4 atom stereocenters. The fraction of sp³-hybridized carbons (Fsp3) is 0.895. The number of nitrogens with zero attached hydrogens (tertiary/aromatic N) is 1. The molecule has 2 rings (SSSR count). The van der Waals surface area contributed by atoms with Gasteiger partial charge in [-0.25, -0.2) is 4.79 Å². The fourth-order valence-electron chi connectivity index (χ4n) is 3.56. The number of carbonyl (C=O) groups is 2. The van der Waals surface area contributed by atoms with Gasteiger partial charge in [-0.05, 0) is 38.4 Å². The maximum atomic E-state index is 13.1. The van der Waals surface area contributed by atoms with Crippen molar-refractivity contribution in [3.05, 3.63) is 0 Å². The number of fused-ring (bicyclic) bond motifs is 1. The number of alkyl halides is 3. The molecule has 2 aliphatic heterocycles. The van der Waals surface area contributed by atoms with E-state index in [1.165, 1.54) is 0 Å². The van der Waals surface area contributed by atoms with Crippen LogP contribution < -0.4 is 0 Å². The first-order valence-corrected chi connectivity index (χ1v) is 14.8. The second kappa shape index (κ2) is 8.36. The molecule has 0 aliphatic carbocycles. The Morgan fingerprint density at radius 2 is 1.83 bits per heavy atom. The maximum absolute atomic E-state index is 13.1. The molecule has 5 nitrogen and oxygen atoms in total. The van der Waals surface area contributed by atoms with Gasteiger partial charge in [-0.15, -0.1) is 11.8 Å². The molecule has 29 heavy (non-hydrogen) atoms. The van der Waals surface area contributed by atoms with Crippen LogP contribution in [0, 0.1) is 5.92 Å². The Bertz CT molecular complexity index is 663. The van der Waals surface area contributed by atoms with Crippen LogP contribution in [0.15, 0.2) is 0 Å². The van der Waals surface area contributed by atoms with Crippen molar-refractivity contribution in [1.29, 1.82) is 0 Å². The van der Waals surface area contributed by atoms with E-state index in [0.717, 1.165) is 6.42 Å². The minimum atomic E-state index is -2.03. The summed E-state index contributed by atoms with van der Waals surface area (Å²) in [6, 6.07) is -0.709. The summed E-state index contributed by atoms with van der Waals surface area (Å²) < 4.78 is 9.62. The van der Waals surface area contributed by atoms with E-state index in [1.54, 1.807) is 16.7 Å². The molecule has 2 saturated heterocycles. The highest BCUT2D eigenvalue weighted by atomic mass is 35.6. The van der Waals surface area contributed by atoms with E-state index in [1.807, 2.05) is 20.8 Å². The summed E-state index contributed by atoms with van der Waals surface area (Å²) in [5, 5.41) is -0.0593. The van der Waals surface area contributed by atoms with Crippen LogP contribution in [-0.4, -0.2) is 57.8 Å². The van der Waals surface area contributed by atoms with Crippen LogP contribution in [0.4, 0.5) is 0 Å². The molecule has 10 heteroatoms. The molecule has 1 unspecified atom stereocenters. The first kappa shape index (κ1) is 25.6. The van der Waals surface area contributed by atoms with Crippen LogP contribution in [0.25, 0.3) is 0 Å². The van der Waals surface area contributed by atoms with Crippen LogP contribution in [-0.2, 0) is 18.8 Å². The van der Waals surface area contributed by atoms with Gasteiger partial charge in [0.2, 0.25) is 9.70 Å². The lowest BCUT2D eigenvalue weighted by Crippen LogP contribution is -2.66. The standard InChI is InChI=1S/C19H32Cl3NO4SSi/c1-9-11(27-29(7,8)17(2,3)4)12-14(24)23-13(18(5,6)28-15(12)23)16(25)26-10-19(20,21)22/h11-13,15H,9-10H2,1-8H3/t11?,12-,13+,15-/m1/s1. The average Bonchev–Trinajstić information content (AvgIpc) is 2.77. The van der Waals surface area contributed by atoms with Gasteiger partial charge in [0, 0.05) is 4.75 Å². The van der Waals surface area contributed by atoms with Gasteiger partial charge < -0.3 is 14.1 Å². The molecule has 0 spiro atoms. The molecule has 2 aliphatic rings. The fourth-order valence-corrected chi connectivity index (χ4v) is 6.89. The van der Waals surface area contributed by atoms with Gasteiger partial charge in [0.05, 0.1) is 17.4 Å². The van der Waals surface area contributed by atoms with E-state index in [-0.39, 0.29) is 34.9 Å². The van der Waals surface area contributed by atoms with Crippen molar-refractivity contribution in [3.8, 4) is 0 Å². The Balaban J connectivity index is 2.18. The summed E-state index contributed by atoms with van der Waals surface area (Å²) in [4.78, 5) is 27.5. The molecule has 0 radical (unpaired) electrons. The van der Waals surface area contributed by atoms with E-state index >= 15 is 0 Å². The third kappa shape index (κ3) is 5.22. The van der Waals surface area contributed by atoms with E-state index in [2.05, 4.69) is 33.9 Å². The van der Waals surface area contributed by atoms with Gasteiger partial charge in [0.1, 0.15) is 12.6 Å². The first-order valence-electron chi connectivity index (χ1n) is 9.84. The number of ether oxygens (including phenoxy) is 1. The summed E-state index contributed by atoms with van der Waals surface area (Å²) >= 11 is 18.7. The SMILES string of the molecule is CCC(O[Si](C)(C)C(C)(C)C)[C@@H]1C(=O)N2[C@@H]1SC(C)(C)[C@@H]2C(=O)OCC(Cl)(Cl)Cl. The van der Waals surface area contributed by atoms with Gasteiger partial charge >= 0.3 is 5.97 Å². The highest BCUT2D eigenvalue weighted by molar-refractivity contribution is 8.01. The van der Waals surface area contributed by atoms with Crippen molar-refractivity contribution in [1.82, 2.24) is 4.90 Å². The Labute approximate surface area is 194 Å². The van der Waals surface area contributed by atoms with E-state index in [0.29, 0.717) is 0 Å². The van der Waals surface area contributed by atoms with Gasteiger partial charge in [-0.3, -0.25) is 4.79 Å². The van der Waals surface area contributed by atoms with E-state index in [4.69, 9.17) is 44.0 Å². The lowest BCUT2D eigenvalue weighted by Gasteiger charge is -2.49. The minimum absolute atomic E-state index is 0.0541. The third-order valence-electron chi connectivity index (χ3n) is 6.14. The zero-order valence-corrected chi connectivity index (χ0v) is 22.4. The van der Waals surface area contributed by atoms with E-state index < -0.39 is 28.9 Å². The molecular formula is C19H32Cl3NO4SSi. The minimum Gasteiger partial charge on any atom is -0.460 e. The number of β-lactam (4-membered cyclic amide) rings is 1. The Morgan fingerprint density at radius 1 is 1.28 bits per heavy atom. The van der Waals surface area contributed by atoms with Gasteiger partial charge in [-0.2, -0.15) is 0 Å². The summed E-state index contributed by atoms with van der Waals surface area (Å²) in [6.07, 6.45) is 0.584. The van der Waals surface area contributed by atoms with Crippen LogP contribution in [0.5, 0.6) is 0 Å². The number of carbonyl (C=O) groups excluding carboxylic acids is 2. The lowest BCUT2D eigenvalue weighted by molar-refractivity contribution is -0.171. The van der Waals surface area contributed by atoms with Gasteiger partial charge in [-0.1, -0.05) is 62.5 Å². The molecule has 2 fully saturated rings. The molecule has 0 aromatic heterocycles. The van der Waals surface area contributed by atoms with Crippen LogP contribution in [0.2, 0.25) is 18.1 Å². The van der Waals surface area contributed by atoms with Crippen molar-refractivity contribution >= 4 is 66.8 Å². The normalized spacial score (nSPS) is 28.0. The van der Waals surface area contributed by atoms with Crippen molar-refractivity contribution in [2.24, 2.45) is 5.92 Å². The lowest BCUT2D eigenvalue weighted by atomic mass is 9.87. The smallest absolute Gasteiger partial charge is 0.330 e. The van der Waals surface area contributed by atoms with Gasteiger partial charge in [0.25, 0.3) is 0 Å². The zero-order chi connectivity index (χ0) is 22.6. The molecule has 0 bridgehead atoms. The topological polar surface area (TPSA) is 55.8 Å². The van der Waals surface area contributed by atoms with Crippen molar-refractivity contribution in [2.75, 3.05) is 6.61 Å². The molecule has 2 heterocycles. The summed E-state index contributed by atoms with van der Waals surface area (Å²) in [5.41, 5.74) is 0. The molecule has 168 valence electrons. The number of amides is 1. The summed E-state index contributed by atoms with van der Waals surface area (Å²) in [7, 11) is -2.03. The van der Waals surface area contributed by atoms with Crippen molar-refractivity contribution in [2.45, 2.75) is 92.2 Å². The molecule has 0 N–H and O–H groups in total. The summed E-state index contributed by atoms with van der Waals surface area (Å²) in [6.45, 7) is 16.5. The zero-order valence-electron chi connectivity index (χ0n) is 18.3. The van der Waals surface area contributed by atoms with Gasteiger partial charge in [0.15, 0.2) is 8.32 Å². The van der Waals surface area contributed by atoms with Crippen LogP contribution in [0.1, 0.15) is 48.0 Å². The second-order valence-electron chi connectivity index (χ2n) is 9.83. The predicted octanol–water partition coefficient (Wildman–Crippen LogP) is 5.38. The number of hydrogen-bond donors (Lipinski definition) is 0. The van der Waals surface area contributed by atoms with Crippen molar-refractivity contribution < 1.29 is 18.8 Å². The molecule has 1 amide bonds. The number of halogens is 3. The quantitative estimate of drug-likeness (QED) is 0.210.